The van der Waals surface area contributed by atoms with Crippen LogP contribution in [0, 0.1) is 11.8 Å². The maximum absolute atomic E-state index is 11.7. The Balaban J connectivity index is 2.92. The summed E-state index contributed by atoms with van der Waals surface area (Å²) >= 11 is 0. The van der Waals surface area contributed by atoms with Crippen LogP contribution in [0.1, 0.15) is 24.1 Å². The molecule has 0 heterocycles. The Morgan fingerprint density at radius 1 is 1.42 bits per heavy atom. The molecule has 1 rings (SSSR count). The molecule has 19 heavy (non-hydrogen) atoms. The van der Waals surface area contributed by atoms with Gasteiger partial charge in [0.1, 0.15) is 6.61 Å². The minimum absolute atomic E-state index is 0.201. The van der Waals surface area contributed by atoms with Crippen LogP contribution in [0.15, 0.2) is 24.3 Å². The largest absolute Gasteiger partial charge is 0.384 e. The molecular weight excluding hydrogens is 264 g/mol. The van der Waals surface area contributed by atoms with Gasteiger partial charge in [0.05, 0.1) is 0 Å². The lowest BCUT2D eigenvalue weighted by atomic mass is 10.1. The molecule has 0 fully saturated rings. The van der Waals surface area contributed by atoms with E-state index in [2.05, 4.69) is 16.6 Å². The maximum atomic E-state index is 11.7. The van der Waals surface area contributed by atoms with Crippen LogP contribution >= 0.6 is 0 Å². The van der Waals surface area contributed by atoms with Crippen molar-refractivity contribution in [2.45, 2.75) is 13.0 Å². The summed E-state index contributed by atoms with van der Waals surface area (Å²) in [6.07, 6.45) is 0. The van der Waals surface area contributed by atoms with Crippen LogP contribution in [0.4, 0.5) is 0 Å². The summed E-state index contributed by atoms with van der Waals surface area (Å²) in [5.74, 6) is 5.34. The molecule has 2 N–H and O–H groups in total. The number of hydrogen-bond acceptors (Lipinski definition) is 3. The summed E-state index contributed by atoms with van der Waals surface area (Å²) < 4.78 is 27.1. The van der Waals surface area contributed by atoms with Gasteiger partial charge in [0, 0.05) is 25.7 Å². The quantitative estimate of drug-likeness (QED) is 0.790. The number of nitrogens with one attached hydrogen (secondary N) is 1. The number of rotatable bonds is 4. The first-order valence-corrected chi connectivity index (χ1v) is 7.20. The minimum Gasteiger partial charge on any atom is -0.384 e. The molecular formula is C13H18N2O3S. The lowest BCUT2D eigenvalue weighted by Crippen LogP contribution is -2.37. The van der Waals surface area contributed by atoms with Crippen LogP contribution in [0.25, 0.3) is 0 Å². The molecule has 0 saturated carbocycles. The van der Waals surface area contributed by atoms with E-state index in [9.17, 15) is 8.42 Å². The summed E-state index contributed by atoms with van der Waals surface area (Å²) in [6.45, 7) is 1.56. The second kappa shape index (κ2) is 6.68. The number of aliphatic hydroxyl groups excluding tert-OH is 1. The second-order valence-corrected chi connectivity index (χ2v) is 6.13. The van der Waals surface area contributed by atoms with Gasteiger partial charge in [-0.3, -0.25) is 0 Å². The topological polar surface area (TPSA) is 69.6 Å². The number of benzene rings is 1. The van der Waals surface area contributed by atoms with E-state index in [0.717, 1.165) is 15.4 Å². The van der Waals surface area contributed by atoms with E-state index in [4.69, 9.17) is 5.11 Å². The Hall–Kier alpha value is -1.39. The zero-order valence-electron chi connectivity index (χ0n) is 11.2. The molecule has 0 aromatic heterocycles. The Kier molecular flexibility index (Phi) is 5.51. The second-order valence-electron chi connectivity index (χ2n) is 4.21. The van der Waals surface area contributed by atoms with Crippen molar-refractivity contribution in [2.24, 2.45) is 0 Å². The van der Waals surface area contributed by atoms with Gasteiger partial charge in [-0.15, -0.1) is 0 Å². The molecule has 0 aliphatic heterocycles. The first kappa shape index (κ1) is 15.7. The van der Waals surface area contributed by atoms with E-state index in [0.29, 0.717) is 0 Å². The van der Waals surface area contributed by atoms with Crippen LogP contribution in [-0.2, 0) is 10.2 Å². The third-order valence-electron chi connectivity index (χ3n) is 2.50. The molecule has 0 radical (unpaired) electrons. The first-order valence-electron chi connectivity index (χ1n) is 5.76. The Morgan fingerprint density at radius 3 is 2.68 bits per heavy atom. The average molecular weight is 282 g/mol. The molecule has 0 spiro atoms. The predicted octanol–water partition coefficient (Wildman–Crippen LogP) is 0.487. The van der Waals surface area contributed by atoms with Gasteiger partial charge in [0.2, 0.25) is 0 Å². The Morgan fingerprint density at radius 2 is 2.11 bits per heavy atom. The SMILES string of the molecule is CC(NS(=O)(=O)N(C)C)c1cccc(C#CCO)c1. The van der Waals surface area contributed by atoms with E-state index < -0.39 is 10.2 Å². The molecule has 0 aliphatic rings. The molecule has 0 saturated heterocycles. The fraction of sp³-hybridized carbons (Fsp3) is 0.385. The highest BCUT2D eigenvalue weighted by molar-refractivity contribution is 7.87. The van der Waals surface area contributed by atoms with Gasteiger partial charge < -0.3 is 5.11 Å². The molecule has 6 heteroatoms. The molecule has 0 aliphatic carbocycles. The van der Waals surface area contributed by atoms with Crippen LogP contribution in [0.2, 0.25) is 0 Å². The summed E-state index contributed by atoms with van der Waals surface area (Å²) in [7, 11) is -0.527. The van der Waals surface area contributed by atoms with Crippen molar-refractivity contribution in [3.05, 3.63) is 35.4 Å². The van der Waals surface area contributed by atoms with Gasteiger partial charge >= 0.3 is 0 Å². The molecule has 1 atom stereocenters. The standard InChI is InChI=1S/C13H18N2O3S/c1-11(14-19(17,18)15(2)3)13-8-4-6-12(10-13)7-5-9-16/h4,6,8,10-11,14,16H,9H2,1-3H3. The molecule has 0 amide bonds. The van der Waals surface area contributed by atoms with Crippen molar-refractivity contribution in [3.63, 3.8) is 0 Å². The Labute approximate surface area is 114 Å². The van der Waals surface area contributed by atoms with Gasteiger partial charge in [-0.2, -0.15) is 17.4 Å². The molecule has 5 nitrogen and oxygen atoms in total. The number of hydrogen-bond donors (Lipinski definition) is 2. The van der Waals surface area contributed by atoms with Crippen molar-refractivity contribution in [3.8, 4) is 11.8 Å². The smallest absolute Gasteiger partial charge is 0.279 e. The molecule has 1 unspecified atom stereocenters. The Bertz CT molecular complexity index is 585. The molecule has 1 aromatic carbocycles. The highest BCUT2D eigenvalue weighted by Gasteiger charge is 2.17. The third kappa shape index (κ3) is 4.65. The lowest BCUT2D eigenvalue weighted by Gasteiger charge is -2.18. The van der Waals surface area contributed by atoms with Gasteiger partial charge in [-0.1, -0.05) is 24.0 Å². The summed E-state index contributed by atoms with van der Waals surface area (Å²) in [4.78, 5) is 0. The lowest BCUT2D eigenvalue weighted by molar-refractivity contribution is 0.350. The van der Waals surface area contributed by atoms with Gasteiger partial charge in [0.25, 0.3) is 10.2 Å². The minimum atomic E-state index is -3.47. The van der Waals surface area contributed by atoms with Gasteiger partial charge in [-0.25, -0.2) is 0 Å². The van der Waals surface area contributed by atoms with E-state index in [-0.39, 0.29) is 12.6 Å². The first-order chi connectivity index (χ1) is 8.86. The molecule has 104 valence electrons. The van der Waals surface area contributed by atoms with Crippen LogP contribution in [0.3, 0.4) is 0 Å². The van der Waals surface area contributed by atoms with E-state index in [1.165, 1.54) is 14.1 Å². The van der Waals surface area contributed by atoms with E-state index in [1.807, 2.05) is 6.07 Å². The van der Waals surface area contributed by atoms with Crippen molar-refractivity contribution in [1.82, 2.24) is 9.03 Å². The summed E-state index contributed by atoms with van der Waals surface area (Å²) in [5, 5.41) is 8.65. The fourth-order valence-corrected chi connectivity index (χ4v) is 2.22. The van der Waals surface area contributed by atoms with Crippen molar-refractivity contribution in [2.75, 3.05) is 20.7 Å². The van der Waals surface area contributed by atoms with Crippen LogP contribution < -0.4 is 4.72 Å². The molecule has 1 aromatic rings. The number of nitrogens with zero attached hydrogens (tertiary/aromatic N) is 1. The van der Waals surface area contributed by atoms with Crippen LogP contribution in [0.5, 0.6) is 0 Å². The third-order valence-corrected chi connectivity index (χ3v) is 4.12. The average Bonchev–Trinajstić information content (AvgIpc) is 2.36. The summed E-state index contributed by atoms with van der Waals surface area (Å²) in [5.41, 5.74) is 1.55. The van der Waals surface area contributed by atoms with Crippen molar-refractivity contribution >= 4 is 10.2 Å². The maximum Gasteiger partial charge on any atom is 0.279 e. The van der Waals surface area contributed by atoms with Gasteiger partial charge in [-0.05, 0) is 24.6 Å². The summed E-state index contributed by atoms with van der Waals surface area (Å²) in [6, 6.07) is 6.87. The van der Waals surface area contributed by atoms with Crippen molar-refractivity contribution < 1.29 is 13.5 Å². The number of aliphatic hydroxyl groups is 1. The van der Waals surface area contributed by atoms with Gasteiger partial charge in [0.15, 0.2) is 0 Å². The predicted molar refractivity (Wildman–Crippen MR) is 74.6 cm³/mol. The fourth-order valence-electron chi connectivity index (χ4n) is 1.42. The zero-order valence-corrected chi connectivity index (χ0v) is 12.0. The van der Waals surface area contributed by atoms with Crippen LogP contribution in [-0.4, -0.2) is 38.5 Å². The normalized spacial score (nSPS) is 12.9. The van der Waals surface area contributed by atoms with Crippen molar-refractivity contribution in [1.29, 1.82) is 0 Å². The highest BCUT2D eigenvalue weighted by Crippen LogP contribution is 2.15. The monoisotopic (exact) mass is 282 g/mol. The molecule has 0 bridgehead atoms. The highest BCUT2D eigenvalue weighted by atomic mass is 32.2. The van der Waals surface area contributed by atoms with E-state index >= 15 is 0 Å². The van der Waals surface area contributed by atoms with E-state index in [1.54, 1.807) is 25.1 Å². The zero-order chi connectivity index (χ0) is 14.5.